The lowest BCUT2D eigenvalue weighted by Crippen LogP contribution is -2.35. The highest BCUT2D eigenvalue weighted by Crippen LogP contribution is 2.76. The molecule has 1 aliphatic rings. The monoisotopic (exact) mass is 241 g/mol. The second kappa shape index (κ2) is 4.55. The summed E-state index contributed by atoms with van der Waals surface area (Å²) in [5.74, 6) is 0.668. The normalized spacial score (nSPS) is 39.2. The minimum absolute atomic E-state index is 0.212. The summed E-state index contributed by atoms with van der Waals surface area (Å²) in [6.07, 6.45) is 4.41. The molecular weight excluding hydrogens is 210 g/mol. The maximum atomic E-state index is 10.1. The first-order chi connectivity index (χ1) is 7.65. The van der Waals surface area contributed by atoms with Gasteiger partial charge in [0.2, 0.25) is 0 Å². The van der Waals surface area contributed by atoms with Gasteiger partial charge < -0.3 is 10.8 Å². The molecule has 2 nitrogen and oxygen atoms in total. The van der Waals surface area contributed by atoms with Crippen LogP contribution in [0.5, 0.6) is 0 Å². The molecule has 0 heterocycles. The maximum absolute atomic E-state index is 10.1. The number of hydrogen-bond acceptors (Lipinski definition) is 2. The zero-order valence-corrected chi connectivity index (χ0v) is 12.5. The molecule has 4 unspecified atom stereocenters. The van der Waals surface area contributed by atoms with Gasteiger partial charge in [-0.15, -0.1) is 0 Å². The molecule has 1 saturated carbocycles. The van der Waals surface area contributed by atoms with E-state index < -0.39 is 5.60 Å². The molecule has 0 bridgehead atoms. The van der Waals surface area contributed by atoms with Crippen LogP contribution in [0.15, 0.2) is 0 Å². The third-order valence-electron chi connectivity index (χ3n) is 5.06. The van der Waals surface area contributed by atoms with Crippen molar-refractivity contribution >= 4 is 0 Å². The minimum atomic E-state index is -0.591. The quantitative estimate of drug-likeness (QED) is 0.749. The van der Waals surface area contributed by atoms with Gasteiger partial charge in [-0.1, -0.05) is 33.6 Å². The predicted octanol–water partition coefficient (Wildman–Crippen LogP) is 3.33. The Morgan fingerprint density at radius 3 is 2.18 bits per heavy atom. The summed E-state index contributed by atoms with van der Waals surface area (Å²) in [7, 11) is 0. The van der Waals surface area contributed by atoms with E-state index in [0.29, 0.717) is 5.92 Å². The molecular formula is C15H31NO. The van der Waals surface area contributed by atoms with Gasteiger partial charge in [-0.2, -0.15) is 0 Å². The molecule has 1 aliphatic carbocycles. The van der Waals surface area contributed by atoms with Crippen molar-refractivity contribution in [1.82, 2.24) is 0 Å². The summed E-state index contributed by atoms with van der Waals surface area (Å²) in [4.78, 5) is 0. The molecule has 0 saturated heterocycles. The summed E-state index contributed by atoms with van der Waals surface area (Å²) < 4.78 is 0. The van der Waals surface area contributed by atoms with Crippen molar-refractivity contribution in [3.63, 3.8) is 0 Å². The number of aliphatic hydroxyl groups is 1. The van der Waals surface area contributed by atoms with E-state index in [0.717, 1.165) is 6.42 Å². The van der Waals surface area contributed by atoms with E-state index in [1.54, 1.807) is 0 Å². The highest BCUT2D eigenvalue weighted by atomic mass is 16.3. The first-order valence-corrected chi connectivity index (χ1v) is 7.13. The van der Waals surface area contributed by atoms with Gasteiger partial charge in [0.25, 0.3) is 0 Å². The Labute approximate surface area is 107 Å². The largest absolute Gasteiger partial charge is 0.390 e. The van der Waals surface area contributed by atoms with Crippen LogP contribution >= 0.6 is 0 Å². The molecule has 4 atom stereocenters. The van der Waals surface area contributed by atoms with Crippen LogP contribution in [0, 0.1) is 16.7 Å². The van der Waals surface area contributed by atoms with Crippen molar-refractivity contribution in [3.8, 4) is 0 Å². The maximum Gasteiger partial charge on any atom is 0.0597 e. The zero-order chi connectivity index (χ0) is 13.5. The Hall–Kier alpha value is -0.0800. The average Bonchev–Trinajstić information content (AvgIpc) is 2.62. The van der Waals surface area contributed by atoms with Gasteiger partial charge in [0.1, 0.15) is 0 Å². The van der Waals surface area contributed by atoms with E-state index in [9.17, 15) is 5.11 Å². The van der Waals surface area contributed by atoms with Gasteiger partial charge in [-0.25, -0.2) is 0 Å². The molecule has 0 radical (unpaired) electrons. The van der Waals surface area contributed by atoms with E-state index in [4.69, 9.17) is 5.73 Å². The highest BCUT2D eigenvalue weighted by Gasteiger charge is 2.73. The third-order valence-corrected chi connectivity index (χ3v) is 5.06. The lowest BCUT2D eigenvalue weighted by Gasteiger charge is -2.30. The predicted molar refractivity (Wildman–Crippen MR) is 73.8 cm³/mol. The van der Waals surface area contributed by atoms with Crippen molar-refractivity contribution in [2.24, 2.45) is 22.5 Å². The van der Waals surface area contributed by atoms with Crippen LogP contribution < -0.4 is 5.73 Å². The van der Waals surface area contributed by atoms with Crippen molar-refractivity contribution in [2.75, 3.05) is 0 Å². The Bertz CT molecular complexity index is 269. The molecule has 0 aromatic rings. The van der Waals surface area contributed by atoms with Crippen LogP contribution in [0.3, 0.4) is 0 Å². The standard InChI is InChI=1S/C15H31NO/c1-7-9-15(11(3)16)12(8-2)14(15,6)10-13(4,5)17/h11-12,17H,7-10,16H2,1-6H3. The summed E-state index contributed by atoms with van der Waals surface area (Å²) in [6, 6.07) is 0.222. The second-order valence-electron chi connectivity index (χ2n) is 6.95. The molecule has 0 spiro atoms. The fourth-order valence-corrected chi connectivity index (χ4v) is 4.84. The summed E-state index contributed by atoms with van der Waals surface area (Å²) in [5, 5.41) is 10.1. The van der Waals surface area contributed by atoms with Gasteiger partial charge in [0.15, 0.2) is 0 Å². The molecule has 102 valence electrons. The molecule has 0 aromatic carbocycles. The molecule has 0 aromatic heterocycles. The minimum Gasteiger partial charge on any atom is -0.390 e. The lowest BCUT2D eigenvalue weighted by atomic mass is 9.79. The van der Waals surface area contributed by atoms with Gasteiger partial charge in [-0.05, 0) is 50.4 Å². The van der Waals surface area contributed by atoms with E-state index in [-0.39, 0.29) is 16.9 Å². The Morgan fingerprint density at radius 2 is 1.88 bits per heavy atom. The molecule has 3 N–H and O–H groups in total. The molecule has 1 rings (SSSR count). The van der Waals surface area contributed by atoms with Crippen LogP contribution in [-0.2, 0) is 0 Å². The van der Waals surface area contributed by atoms with Crippen molar-refractivity contribution in [3.05, 3.63) is 0 Å². The Morgan fingerprint density at radius 1 is 1.35 bits per heavy atom. The van der Waals surface area contributed by atoms with Gasteiger partial charge in [-0.3, -0.25) is 0 Å². The molecule has 0 aliphatic heterocycles. The summed E-state index contributed by atoms with van der Waals surface area (Å²) >= 11 is 0. The average molecular weight is 241 g/mol. The van der Waals surface area contributed by atoms with E-state index in [1.165, 1.54) is 19.3 Å². The van der Waals surface area contributed by atoms with E-state index in [1.807, 2.05) is 13.8 Å². The van der Waals surface area contributed by atoms with Crippen LogP contribution in [0.4, 0.5) is 0 Å². The zero-order valence-electron chi connectivity index (χ0n) is 12.5. The van der Waals surface area contributed by atoms with Gasteiger partial charge in [0, 0.05) is 6.04 Å². The number of hydrogen-bond donors (Lipinski definition) is 2. The highest BCUT2D eigenvalue weighted by molar-refractivity contribution is 5.22. The first kappa shape index (κ1) is 15.0. The van der Waals surface area contributed by atoms with Crippen LogP contribution in [0.25, 0.3) is 0 Å². The van der Waals surface area contributed by atoms with Gasteiger partial charge >= 0.3 is 0 Å². The molecule has 2 heteroatoms. The number of rotatable bonds is 6. The molecule has 0 amide bonds. The van der Waals surface area contributed by atoms with Crippen LogP contribution in [-0.4, -0.2) is 16.7 Å². The fourth-order valence-electron chi connectivity index (χ4n) is 4.84. The fraction of sp³-hybridized carbons (Fsp3) is 1.00. The molecule has 17 heavy (non-hydrogen) atoms. The SMILES string of the molecule is CCCC1(C(C)N)C(CC)C1(C)CC(C)(C)O. The number of nitrogens with two attached hydrogens (primary N) is 1. The Balaban J connectivity index is 2.99. The van der Waals surface area contributed by atoms with Crippen molar-refractivity contribution in [2.45, 2.75) is 78.9 Å². The molecule has 1 fully saturated rings. The summed E-state index contributed by atoms with van der Waals surface area (Å²) in [5.41, 5.74) is 6.17. The van der Waals surface area contributed by atoms with E-state index >= 15 is 0 Å². The van der Waals surface area contributed by atoms with Crippen LogP contribution in [0.1, 0.15) is 67.2 Å². The van der Waals surface area contributed by atoms with Gasteiger partial charge in [0.05, 0.1) is 5.60 Å². The van der Waals surface area contributed by atoms with Crippen molar-refractivity contribution < 1.29 is 5.11 Å². The lowest BCUT2D eigenvalue weighted by molar-refractivity contribution is 0.0378. The first-order valence-electron chi connectivity index (χ1n) is 7.13. The van der Waals surface area contributed by atoms with Crippen LogP contribution in [0.2, 0.25) is 0 Å². The second-order valence-corrected chi connectivity index (χ2v) is 6.95. The van der Waals surface area contributed by atoms with E-state index in [2.05, 4.69) is 27.7 Å². The topological polar surface area (TPSA) is 46.2 Å². The summed E-state index contributed by atoms with van der Waals surface area (Å²) in [6.45, 7) is 12.8. The Kier molecular flexibility index (Phi) is 4.01. The van der Waals surface area contributed by atoms with Crippen molar-refractivity contribution in [1.29, 1.82) is 0 Å². The third kappa shape index (κ3) is 2.26. The smallest absolute Gasteiger partial charge is 0.0597 e.